The van der Waals surface area contributed by atoms with Gasteiger partial charge in [0.25, 0.3) is 0 Å². The first-order valence-electron chi connectivity index (χ1n) is 10.2. The van der Waals surface area contributed by atoms with Crippen LogP contribution in [-0.2, 0) is 11.3 Å². The molecule has 3 aromatic rings. The fourth-order valence-electron chi connectivity index (χ4n) is 3.57. The molecule has 0 saturated carbocycles. The summed E-state index contributed by atoms with van der Waals surface area (Å²) in [6.07, 6.45) is 3.62. The van der Waals surface area contributed by atoms with Gasteiger partial charge in [-0.15, -0.1) is 0 Å². The number of hydrogen-bond donors (Lipinski definition) is 1. The number of carbonyl (C=O) groups excluding carboxylic acids is 1. The monoisotopic (exact) mass is 418 g/mol. The molecule has 2 aromatic heterocycles. The molecule has 0 bridgehead atoms. The van der Waals surface area contributed by atoms with Gasteiger partial charge in [0, 0.05) is 62.8 Å². The first kappa shape index (κ1) is 20.9. The van der Waals surface area contributed by atoms with Crippen molar-refractivity contribution in [3.63, 3.8) is 0 Å². The van der Waals surface area contributed by atoms with Gasteiger partial charge in [-0.05, 0) is 24.3 Å². The first-order chi connectivity index (χ1) is 15.0. The lowest BCUT2D eigenvalue weighted by Crippen LogP contribution is -2.38. The normalized spacial score (nSPS) is 16.8. The molecule has 1 aliphatic rings. The molecule has 1 amide bonds. The number of ether oxygens (including phenoxy) is 1. The van der Waals surface area contributed by atoms with Crippen LogP contribution in [0.4, 0.5) is 5.95 Å². The van der Waals surface area contributed by atoms with Gasteiger partial charge in [-0.25, -0.2) is 9.97 Å². The van der Waals surface area contributed by atoms with Crippen molar-refractivity contribution >= 4 is 11.9 Å². The van der Waals surface area contributed by atoms with Crippen LogP contribution in [0.1, 0.15) is 27.7 Å². The Balaban J connectivity index is 1.48. The molecule has 1 aliphatic heterocycles. The number of nitrogens with zero attached hydrogens (tertiary/aromatic N) is 5. The van der Waals surface area contributed by atoms with E-state index >= 15 is 0 Å². The van der Waals surface area contributed by atoms with E-state index in [1.165, 1.54) is 0 Å². The van der Waals surface area contributed by atoms with E-state index in [-0.39, 0.29) is 6.10 Å². The Labute approximate surface area is 181 Å². The Morgan fingerprint density at radius 3 is 2.71 bits per heavy atom. The van der Waals surface area contributed by atoms with Crippen LogP contribution in [-0.4, -0.2) is 59.6 Å². The predicted octanol–water partition coefficient (Wildman–Crippen LogP) is 2.28. The van der Waals surface area contributed by atoms with E-state index in [0.29, 0.717) is 18.1 Å². The van der Waals surface area contributed by atoms with Crippen molar-refractivity contribution in [3.05, 3.63) is 71.7 Å². The molecule has 160 valence electrons. The molecule has 1 fully saturated rings. The van der Waals surface area contributed by atoms with Crippen LogP contribution in [0.5, 0.6) is 0 Å². The van der Waals surface area contributed by atoms with Crippen molar-refractivity contribution in [2.75, 3.05) is 38.7 Å². The highest BCUT2D eigenvalue weighted by atomic mass is 16.5. The van der Waals surface area contributed by atoms with Gasteiger partial charge < -0.3 is 15.4 Å². The minimum absolute atomic E-state index is 0.130. The zero-order chi connectivity index (χ0) is 21.8. The third-order valence-corrected chi connectivity index (χ3v) is 5.19. The second kappa shape index (κ2) is 9.20. The summed E-state index contributed by atoms with van der Waals surface area (Å²) < 4.78 is 6.02. The Bertz CT molecular complexity index is 1050. The van der Waals surface area contributed by atoms with Crippen LogP contribution in [0.25, 0.3) is 11.3 Å². The quantitative estimate of drug-likeness (QED) is 0.656. The van der Waals surface area contributed by atoms with Crippen molar-refractivity contribution < 1.29 is 9.53 Å². The number of rotatable bonds is 6. The molecule has 0 spiro atoms. The van der Waals surface area contributed by atoms with Crippen molar-refractivity contribution in [2.45, 2.75) is 12.6 Å². The topological polar surface area (TPSA) is 97.5 Å². The summed E-state index contributed by atoms with van der Waals surface area (Å²) in [4.78, 5) is 29.3. The van der Waals surface area contributed by atoms with E-state index in [4.69, 9.17) is 15.5 Å². The molecular formula is C23H26N6O2. The SMILES string of the molecule is CN(C)c1ncc(CN2CCOC(c3cccc(-c4cccc(C(N)=O)c4)n3)C2)cn1. The van der Waals surface area contributed by atoms with Gasteiger partial charge >= 0.3 is 0 Å². The van der Waals surface area contributed by atoms with E-state index in [1.807, 2.05) is 61.7 Å². The summed E-state index contributed by atoms with van der Waals surface area (Å²) in [5.74, 6) is 0.247. The van der Waals surface area contributed by atoms with E-state index in [2.05, 4.69) is 14.9 Å². The molecule has 4 rings (SSSR count). The van der Waals surface area contributed by atoms with Gasteiger partial charge in [0.2, 0.25) is 11.9 Å². The molecule has 1 aromatic carbocycles. The van der Waals surface area contributed by atoms with E-state index in [1.54, 1.807) is 12.1 Å². The molecule has 0 radical (unpaired) electrons. The number of primary amides is 1. The van der Waals surface area contributed by atoms with Crippen LogP contribution in [0.15, 0.2) is 54.9 Å². The second-order valence-electron chi connectivity index (χ2n) is 7.77. The number of anilines is 1. The third-order valence-electron chi connectivity index (χ3n) is 5.19. The van der Waals surface area contributed by atoms with Gasteiger partial charge in [0.1, 0.15) is 6.10 Å². The number of benzene rings is 1. The molecule has 31 heavy (non-hydrogen) atoms. The van der Waals surface area contributed by atoms with Crippen molar-refractivity contribution in [1.82, 2.24) is 19.9 Å². The molecule has 0 aliphatic carbocycles. The van der Waals surface area contributed by atoms with Crippen molar-refractivity contribution in [2.24, 2.45) is 5.73 Å². The van der Waals surface area contributed by atoms with E-state index in [0.717, 1.165) is 42.1 Å². The molecule has 1 atom stereocenters. The molecule has 8 heteroatoms. The fourth-order valence-corrected chi connectivity index (χ4v) is 3.57. The van der Waals surface area contributed by atoms with Gasteiger partial charge in [-0.2, -0.15) is 0 Å². The number of amides is 1. The highest BCUT2D eigenvalue weighted by molar-refractivity contribution is 5.93. The van der Waals surface area contributed by atoms with E-state index < -0.39 is 5.91 Å². The van der Waals surface area contributed by atoms with Crippen LogP contribution >= 0.6 is 0 Å². The summed E-state index contributed by atoms with van der Waals surface area (Å²) in [7, 11) is 3.85. The Morgan fingerprint density at radius 1 is 1.19 bits per heavy atom. The van der Waals surface area contributed by atoms with Gasteiger partial charge in [0.15, 0.2) is 0 Å². The highest BCUT2D eigenvalue weighted by Crippen LogP contribution is 2.25. The maximum absolute atomic E-state index is 11.5. The number of carbonyl (C=O) groups is 1. The molecule has 8 nitrogen and oxygen atoms in total. The van der Waals surface area contributed by atoms with Gasteiger partial charge in [-0.1, -0.05) is 18.2 Å². The lowest BCUT2D eigenvalue weighted by Gasteiger charge is -2.32. The van der Waals surface area contributed by atoms with Crippen LogP contribution in [0.2, 0.25) is 0 Å². The number of morpholine rings is 1. The molecular weight excluding hydrogens is 392 g/mol. The molecule has 1 saturated heterocycles. The first-order valence-corrected chi connectivity index (χ1v) is 10.2. The largest absolute Gasteiger partial charge is 0.369 e. The molecule has 2 N–H and O–H groups in total. The summed E-state index contributed by atoms with van der Waals surface area (Å²) in [5, 5.41) is 0. The summed E-state index contributed by atoms with van der Waals surface area (Å²) in [6.45, 7) is 2.96. The lowest BCUT2D eigenvalue weighted by molar-refractivity contribution is -0.0349. The zero-order valence-corrected chi connectivity index (χ0v) is 17.7. The average Bonchev–Trinajstić information content (AvgIpc) is 2.80. The average molecular weight is 419 g/mol. The standard InChI is InChI=1S/C23H26N6O2/c1-28(2)23-25-12-16(13-26-23)14-29-9-10-31-21(15-29)20-8-4-7-19(27-20)17-5-3-6-18(11-17)22(24)30/h3-8,11-13,21H,9-10,14-15H2,1-2H3,(H2,24,30). The van der Waals surface area contributed by atoms with Crippen molar-refractivity contribution in [3.8, 4) is 11.3 Å². The maximum atomic E-state index is 11.5. The smallest absolute Gasteiger partial charge is 0.248 e. The third kappa shape index (κ3) is 5.04. The van der Waals surface area contributed by atoms with Gasteiger partial charge in [0.05, 0.1) is 18.0 Å². The second-order valence-corrected chi connectivity index (χ2v) is 7.77. The number of aromatic nitrogens is 3. The maximum Gasteiger partial charge on any atom is 0.248 e. The van der Waals surface area contributed by atoms with Crippen molar-refractivity contribution in [1.29, 1.82) is 0 Å². The molecule has 1 unspecified atom stereocenters. The Hall–Kier alpha value is -3.36. The summed E-state index contributed by atoms with van der Waals surface area (Å²) >= 11 is 0. The Kier molecular flexibility index (Phi) is 6.20. The van der Waals surface area contributed by atoms with Crippen LogP contribution < -0.4 is 10.6 Å². The number of hydrogen-bond acceptors (Lipinski definition) is 7. The Morgan fingerprint density at radius 2 is 1.97 bits per heavy atom. The summed E-state index contributed by atoms with van der Waals surface area (Å²) in [6, 6.07) is 13.1. The highest BCUT2D eigenvalue weighted by Gasteiger charge is 2.23. The number of nitrogens with two attached hydrogens (primary N) is 1. The summed E-state index contributed by atoms with van der Waals surface area (Å²) in [5.41, 5.74) is 9.45. The molecule has 3 heterocycles. The van der Waals surface area contributed by atoms with Gasteiger partial charge in [-0.3, -0.25) is 14.7 Å². The van der Waals surface area contributed by atoms with Crippen LogP contribution in [0.3, 0.4) is 0 Å². The minimum atomic E-state index is -0.452. The predicted molar refractivity (Wildman–Crippen MR) is 119 cm³/mol. The fraction of sp³-hybridized carbons (Fsp3) is 0.304. The van der Waals surface area contributed by atoms with E-state index in [9.17, 15) is 4.79 Å². The number of pyridine rings is 1. The minimum Gasteiger partial charge on any atom is -0.369 e. The lowest BCUT2D eigenvalue weighted by atomic mass is 10.1. The zero-order valence-electron chi connectivity index (χ0n) is 17.7. The van der Waals surface area contributed by atoms with Crippen LogP contribution in [0, 0.1) is 0 Å².